The van der Waals surface area contributed by atoms with Gasteiger partial charge in [-0.2, -0.15) is 0 Å². The van der Waals surface area contributed by atoms with E-state index < -0.39 is 5.60 Å². The maximum Gasteiger partial charge on any atom is 0.214 e. The van der Waals surface area contributed by atoms with Crippen LogP contribution in [0, 0.1) is 0 Å². The van der Waals surface area contributed by atoms with Gasteiger partial charge in [-0.3, -0.25) is 0 Å². The van der Waals surface area contributed by atoms with Gasteiger partial charge in [0.2, 0.25) is 10.1 Å². The lowest BCUT2D eigenvalue weighted by molar-refractivity contribution is 0.0249. The summed E-state index contributed by atoms with van der Waals surface area (Å²) in [5.74, 6) is 0.984. The van der Waals surface area contributed by atoms with Gasteiger partial charge in [0, 0.05) is 30.2 Å². The summed E-state index contributed by atoms with van der Waals surface area (Å²) >= 11 is 7.98. The molecule has 1 saturated heterocycles. The van der Waals surface area contributed by atoms with Crippen molar-refractivity contribution in [2.75, 3.05) is 31.6 Å². The first-order chi connectivity index (χ1) is 13.8. The Morgan fingerprint density at radius 2 is 2.07 bits per heavy atom. The first-order valence-electron chi connectivity index (χ1n) is 9.75. The average molecular weight is 436 g/mol. The summed E-state index contributed by atoms with van der Waals surface area (Å²) in [5, 5.41) is 16.8. The Morgan fingerprint density at radius 3 is 2.69 bits per heavy atom. The minimum atomic E-state index is -0.761. The van der Waals surface area contributed by atoms with Crippen molar-refractivity contribution in [2.45, 2.75) is 38.2 Å². The average Bonchev–Trinajstić information content (AvgIpc) is 3.29. The molecule has 0 unspecified atom stereocenters. The highest BCUT2D eigenvalue weighted by atomic mass is 35.5. The molecule has 3 aromatic rings. The van der Waals surface area contributed by atoms with Gasteiger partial charge in [0.15, 0.2) is 0 Å². The van der Waals surface area contributed by atoms with Crippen LogP contribution in [0.2, 0.25) is 5.02 Å². The molecule has 4 rings (SSSR count). The van der Waals surface area contributed by atoms with Crippen LogP contribution in [0.5, 0.6) is 5.75 Å². The molecule has 1 aliphatic heterocycles. The third-order valence-corrected chi connectivity index (χ3v) is 6.95. The second-order valence-electron chi connectivity index (χ2n) is 7.87. The molecular formula is C20H26ClN5O2S. The van der Waals surface area contributed by atoms with Crippen molar-refractivity contribution in [1.82, 2.24) is 14.6 Å². The number of fused-ring (bicyclic) bond motifs is 1. The van der Waals surface area contributed by atoms with E-state index in [1.807, 2.05) is 16.8 Å². The number of aliphatic hydroxyl groups is 1. The Hall–Kier alpha value is -1.87. The van der Waals surface area contributed by atoms with Crippen molar-refractivity contribution >= 4 is 33.0 Å². The number of hydrogen-bond donors (Lipinski definition) is 2. The van der Waals surface area contributed by atoms with E-state index in [2.05, 4.69) is 29.8 Å². The largest absolute Gasteiger partial charge is 0.496 e. The summed E-state index contributed by atoms with van der Waals surface area (Å²) in [4.78, 5) is 7.57. The first kappa shape index (κ1) is 20.4. The molecule has 0 aliphatic carbocycles. The number of imidazole rings is 1. The fourth-order valence-electron chi connectivity index (χ4n) is 3.70. The minimum Gasteiger partial charge on any atom is -0.496 e. The molecule has 0 spiro atoms. The molecule has 29 heavy (non-hydrogen) atoms. The summed E-state index contributed by atoms with van der Waals surface area (Å²) in [6, 6.07) is 3.92. The summed E-state index contributed by atoms with van der Waals surface area (Å²) in [5.41, 5.74) is 7.79. The van der Waals surface area contributed by atoms with Crippen molar-refractivity contribution in [1.29, 1.82) is 0 Å². The third-order valence-electron chi connectivity index (χ3n) is 5.64. The van der Waals surface area contributed by atoms with Crippen LogP contribution >= 0.6 is 22.9 Å². The number of nitrogens with two attached hydrogens (primary N) is 1. The van der Waals surface area contributed by atoms with Gasteiger partial charge in [0.1, 0.15) is 5.75 Å². The van der Waals surface area contributed by atoms with E-state index in [4.69, 9.17) is 27.2 Å². The van der Waals surface area contributed by atoms with Gasteiger partial charge in [-0.05, 0) is 36.5 Å². The maximum absolute atomic E-state index is 10.4. The van der Waals surface area contributed by atoms with Crippen molar-refractivity contribution in [3.8, 4) is 17.0 Å². The zero-order valence-corrected chi connectivity index (χ0v) is 18.4. The van der Waals surface area contributed by atoms with Gasteiger partial charge in [0.05, 0.1) is 24.6 Å². The van der Waals surface area contributed by atoms with Crippen LogP contribution in [0.4, 0.5) is 5.13 Å². The molecule has 1 fully saturated rings. The van der Waals surface area contributed by atoms with E-state index >= 15 is 0 Å². The lowest BCUT2D eigenvalue weighted by Crippen LogP contribution is -2.48. The number of rotatable bonds is 5. The quantitative estimate of drug-likeness (QED) is 0.637. The summed E-state index contributed by atoms with van der Waals surface area (Å²) in [6.07, 6.45) is 3.10. The maximum atomic E-state index is 10.4. The SMILES string of the molecule is COc1cc(Cl)c(C(C)C)cc1-c1cnc2sc(N3CCC(O)(CN)CC3)nn12. The van der Waals surface area contributed by atoms with Gasteiger partial charge in [-0.15, -0.1) is 5.10 Å². The van der Waals surface area contributed by atoms with Crippen LogP contribution in [0.15, 0.2) is 18.3 Å². The second kappa shape index (κ2) is 7.75. The number of ether oxygens (including phenoxy) is 1. The number of methoxy groups -OCH3 is 1. The number of aromatic nitrogens is 3. The summed E-state index contributed by atoms with van der Waals surface area (Å²) < 4.78 is 7.45. The van der Waals surface area contributed by atoms with Crippen molar-refractivity contribution < 1.29 is 9.84 Å². The van der Waals surface area contributed by atoms with Crippen molar-refractivity contribution in [3.63, 3.8) is 0 Å². The van der Waals surface area contributed by atoms with E-state index in [1.54, 1.807) is 18.4 Å². The van der Waals surface area contributed by atoms with Crippen LogP contribution in [0.25, 0.3) is 16.2 Å². The summed E-state index contributed by atoms with van der Waals surface area (Å²) in [6.45, 7) is 5.97. The Bertz CT molecular complexity index is 1020. The summed E-state index contributed by atoms with van der Waals surface area (Å²) in [7, 11) is 1.64. The van der Waals surface area contributed by atoms with E-state index in [9.17, 15) is 5.11 Å². The second-order valence-corrected chi connectivity index (χ2v) is 9.21. The van der Waals surface area contributed by atoms with Gasteiger partial charge in [-0.1, -0.05) is 36.8 Å². The molecule has 9 heteroatoms. The number of halogens is 1. The van der Waals surface area contributed by atoms with Gasteiger partial charge < -0.3 is 20.5 Å². The molecule has 0 radical (unpaired) electrons. The Kier molecular flexibility index (Phi) is 5.46. The molecule has 7 nitrogen and oxygen atoms in total. The third kappa shape index (κ3) is 3.70. The first-order valence-corrected chi connectivity index (χ1v) is 10.9. The molecule has 156 valence electrons. The predicted octanol–water partition coefficient (Wildman–Crippen LogP) is 3.53. The van der Waals surface area contributed by atoms with Gasteiger partial charge >= 0.3 is 0 Å². The Labute approximate surface area is 179 Å². The van der Waals surface area contributed by atoms with Crippen LogP contribution in [0.1, 0.15) is 38.2 Å². The topological polar surface area (TPSA) is 88.9 Å². The zero-order chi connectivity index (χ0) is 20.8. The highest BCUT2D eigenvalue weighted by Gasteiger charge is 2.32. The lowest BCUT2D eigenvalue weighted by Gasteiger charge is -2.37. The number of benzene rings is 1. The molecule has 1 aromatic carbocycles. The number of anilines is 1. The zero-order valence-electron chi connectivity index (χ0n) is 16.9. The molecular weight excluding hydrogens is 410 g/mol. The molecule has 1 aliphatic rings. The highest BCUT2D eigenvalue weighted by molar-refractivity contribution is 7.20. The van der Waals surface area contributed by atoms with Gasteiger partial charge in [-0.25, -0.2) is 9.50 Å². The molecule has 0 bridgehead atoms. The molecule has 0 amide bonds. The number of piperidine rings is 1. The smallest absolute Gasteiger partial charge is 0.214 e. The number of nitrogens with zero attached hydrogens (tertiary/aromatic N) is 4. The van der Waals surface area contributed by atoms with Crippen LogP contribution in [-0.4, -0.2) is 52.0 Å². The van der Waals surface area contributed by atoms with Crippen molar-refractivity contribution in [2.24, 2.45) is 5.73 Å². The van der Waals surface area contributed by atoms with Crippen molar-refractivity contribution in [3.05, 3.63) is 28.9 Å². The molecule has 0 saturated carbocycles. The van der Waals surface area contributed by atoms with Gasteiger partial charge in [0.25, 0.3) is 0 Å². The normalized spacial score (nSPS) is 16.7. The predicted molar refractivity (Wildman–Crippen MR) is 117 cm³/mol. The lowest BCUT2D eigenvalue weighted by atomic mass is 9.92. The van der Waals surface area contributed by atoms with Crippen LogP contribution in [-0.2, 0) is 0 Å². The minimum absolute atomic E-state index is 0.288. The number of hydrogen-bond acceptors (Lipinski definition) is 7. The molecule has 2 aromatic heterocycles. The van der Waals surface area contributed by atoms with E-state index in [0.29, 0.717) is 30.2 Å². The standard InChI is InChI=1S/C20H26ClN5O2S/c1-12(2)13-8-14(17(28-3)9-15(13)21)16-10-23-18-26(16)24-19(29-18)25-6-4-20(27,11-22)5-7-25/h8-10,12,27H,4-7,11,22H2,1-3H3. The van der Waals surface area contributed by atoms with Crippen LogP contribution < -0.4 is 15.4 Å². The molecule has 0 atom stereocenters. The fourth-order valence-corrected chi connectivity index (χ4v) is 5.00. The highest BCUT2D eigenvalue weighted by Crippen LogP contribution is 2.39. The molecule has 3 heterocycles. The Morgan fingerprint density at radius 1 is 1.34 bits per heavy atom. The monoisotopic (exact) mass is 435 g/mol. The van der Waals surface area contributed by atoms with E-state index in [0.717, 1.165) is 40.0 Å². The van der Waals surface area contributed by atoms with E-state index in [1.165, 1.54) is 0 Å². The fraction of sp³-hybridized carbons (Fsp3) is 0.500. The molecule has 3 N–H and O–H groups in total. The Balaban J connectivity index is 1.71. The van der Waals surface area contributed by atoms with E-state index in [-0.39, 0.29) is 5.92 Å². The van der Waals surface area contributed by atoms with Crippen LogP contribution in [0.3, 0.4) is 0 Å².